The van der Waals surface area contributed by atoms with Crippen LogP contribution in [0.5, 0.6) is 11.5 Å². The summed E-state index contributed by atoms with van der Waals surface area (Å²) in [5.41, 5.74) is 2.48. The third-order valence-electron chi connectivity index (χ3n) is 3.08. The van der Waals surface area contributed by atoms with E-state index < -0.39 is 0 Å². The molecule has 1 unspecified atom stereocenters. The van der Waals surface area contributed by atoms with E-state index in [1.54, 1.807) is 24.3 Å². The van der Waals surface area contributed by atoms with Crippen molar-refractivity contribution in [2.24, 2.45) is 0 Å². The normalized spacial score (nSPS) is 11.4. The maximum atomic E-state index is 9.59. The van der Waals surface area contributed by atoms with Crippen molar-refractivity contribution in [1.29, 1.82) is 5.26 Å². The van der Waals surface area contributed by atoms with E-state index in [0.717, 1.165) is 11.3 Å². The van der Waals surface area contributed by atoms with E-state index in [2.05, 4.69) is 11.4 Å². The number of rotatable bonds is 4. The maximum Gasteiger partial charge on any atom is 0.160 e. The van der Waals surface area contributed by atoms with E-state index in [-0.39, 0.29) is 11.8 Å². The van der Waals surface area contributed by atoms with Gasteiger partial charge in [0.1, 0.15) is 0 Å². The number of methoxy groups -OCH3 is 1. The van der Waals surface area contributed by atoms with E-state index in [4.69, 9.17) is 10.00 Å². The lowest BCUT2D eigenvalue weighted by Gasteiger charge is -2.17. The van der Waals surface area contributed by atoms with Crippen molar-refractivity contribution in [2.75, 3.05) is 12.4 Å². The second-order valence-electron chi connectivity index (χ2n) is 4.49. The zero-order valence-corrected chi connectivity index (χ0v) is 11.4. The van der Waals surface area contributed by atoms with Gasteiger partial charge >= 0.3 is 0 Å². The first-order valence-corrected chi connectivity index (χ1v) is 6.27. The summed E-state index contributed by atoms with van der Waals surface area (Å²) in [4.78, 5) is 0. The molecule has 102 valence electrons. The average Bonchev–Trinajstić information content (AvgIpc) is 2.47. The molecule has 0 saturated carbocycles. The van der Waals surface area contributed by atoms with Gasteiger partial charge in [0, 0.05) is 11.7 Å². The maximum absolute atomic E-state index is 9.59. The van der Waals surface area contributed by atoms with Gasteiger partial charge in [0.05, 0.1) is 18.7 Å². The molecular weight excluding hydrogens is 252 g/mol. The summed E-state index contributed by atoms with van der Waals surface area (Å²) in [7, 11) is 1.52. The number of ether oxygens (including phenoxy) is 1. The third-order valence-corrected chi connectivity index (χ3v) is 3.08. The highest BCUT2D eigenvalue weighted by molar-refractivity contribution is 5.51. The summed E-state index contributed by atoms with van der Waals surface area (Å²) in [6, 6.07) is 14.7. The first-order chi connectivity index (χ1) is 9.63. The van der Waals surface area contributed by atoms with Gasteiger partial charge in [-0.15, -0.1) is 0 Å². The largest absolute Gasteiger partial charge is 0.504 e. The molecule has 0 bridgehead atoms. The Labute approximate surface area is 118 Å². The van der Waals surface area contributed by atoms with Crippen LogP contribution < -0.4 is 10.1 Å². The summed E-state index contributed by atoms with van der Waals surface area (Å²) in [6.45, 7) is 2.00. The molecule has 2 aromatic carbocycles. The summed E-state index contributed by atoms with van der Waals surface area (Å²) < 4.78 is 5.10. The van der Waals surface area contributed by atoms with Crippen LogP contribution in [0.3, 0.4) is 0 Å². The summed E-state index contributed by atoms with van der Waals surface area (Å²) in [5, 5.41) is 21.8. The highest BCUT2D eigenvalue weighted by atomic mass is 16.5. The van der Waals surface area contributed by atoms with Crippen molar-refractivity contribution in [2.45, 2.75) is 13.0 Å². The lowest BCUT2D eigenvalue weighted by Crippen LogP contribution is -2.06. The molecule has 2 aromatic rings. The molecule has 0 aliphatic carbocycles. The monoisotopic (exact) mass is 268 g/mol. The number of aromatic hydroxyl groups is 1. The van der Waals surface area contributed by atoms with Crippen LogP contribution in [-0.2, 0) is 0 Å². The average molecular weight is 268 g/mol. The van der Waals surface area contributed by atoms with Gasteiger partial charge in [0.15, 0.2) is 11.5 Å². The smallest absolute Gasteiger partial charge is 0.160 e. The van der Waals surface area contributed by atoms with Crippen LogP contribution in [-0.4, -0.2) is 12.2 Å². The fourth-order valence-corrected chi connectivity index (χ4v) is 1.98. The molecule has 4 nitrogen and oxygen atoms in total. The Morgan fingerprint density at radius 3 is 2.75 bits per heavy atom. The Kier molecular flexibility index (Phi) is 4.11. The van der Waals surface area contributed by atoms with Crippen LogP contribution in [0.1, 0.15) is 24.1 Å². The molecular formula is C16H16N2O2. The minimum atomic E-state index is 0.0263. The molecule has 4 heteroatoms. The second-order valence-corrected chi connectivity index (χ2v) is 4.49. The first kappa shape index (κ1) is 13.8. The Hall–Kier alpha value is -2.67. The Morgan fingerprint density at radius 1 is 1.25 bits per heavy atom. The number of nitriles is 1. The van der Waals surface area contributed by atoms with Crippen molar-refractivity contribution in [3.63, 3.8) is 0 Å². The number of phenolic OH excluding ortho intramolecular Hbond substituents is 1. The van der Waals surface area contributed by atoms with E-state index in [1.165, 1.54) is 7.11 Å². The first-order valence-electron chi connectivity index (χ1n) is 6.27. The van der Waals surface area contributed by atoms with Crippen LogP contribution in [0.25, 0.3) is 0 Å². The van der Waals surface area contributed by atoms with Gasteiger partial charge in [-0.05, 0) is 42.8 Å². The van der Waals surface area contributed by atoms with E-state index >= 15 is 0 Å². The highest BCUT2D eigenvalue weighted by Crippen LogP contribution is 2.30. The molecule has 20 heavy (non-hydrogen) atoms. The van der Waals surface area contributed by atoms with E-state index in [1.807, 2.05) is 25.1 Å². The van der Waals surface area contributed by atoms with Gasteiger partial charge in [0.25, 0.3) is 0 Å². The summed E-state index contributed by atoms with van der Waals surface area (Å²) in [6.07, 6.45) is 0. The number of anilines is 1. The number of phenols is 1. The molecule has 2 rings (SSSR count). The van der Waals surface area contributed by atoms with Crippen LogP contribution in [0.4, 0.5) is 5.69 Å². The number of nitrogens with one attached hydrogen (secondary N) is 1. The molecule has 0 aliphatic rings. The van der Waals surface area contributed by atoms with Gasteiger partial charge in [-0.1, -0.05) is 12.1 Å². The van der Waals surface area contributed by atoms with E-state index in [0.29, 0.717) is 11.3 Å². The lowest BCUT2D eigenvalue weighted by atomic mass is 10.1. The zero-order chi connectivity index (χ0) is 14.5. The van der Waals surface area contributed by atoms with Crippen molar-refractivity contribution in [3.05, 3.63) is 53.6 Å². The molecule has 0 aromatic heterocycles. The minimum absolute atomic E-state index is 0.0263. The molecule has 0 saturated heterocycles. The molecule has 0 spiro atoms. The molecule has 0 heterocycles. The Bertz CT molecular complexity index is 647. The number of hydrogen-bond donors (Lipinski definition) is 2. The molecule has 2 N–H and O–H groups in total. The van der Waals surface area contributed by atoms with Crippen LogP contribution in [0, 0.1) is 11.3 Å². The fraction of sp³-hybridized carbons (Fsp3) is 0.188. The number of hydrogen-bond acceptors (Lipinski definition) is 4. The SMILES string of the molecule is COc1cc(C(C)Nc2cccc(C#N)c2)ccc1O. The number of benzene rings is 2. The third kappa shape index (κ3) is 3.01. The topological polar surface area (TPSA) is 65.3 Å². The van der Waals surface area contributed by atoms with Crippen LogP contribution >= 0.6 is 0 Å². The second kappa shape index (κ2) is 5.98. The fourth-order valence-electron chi connectivity index (χ4n) is 1.98. The van der Waals surface area contributed by atoms with E-state index in [9.17, 15) is 5.11 Å². The van der Waals surface area contributed by atoms with Crippen molar-refractivity contribution < 1.29 is 9.84 Å². The minimum Gasteiger partial charge on any atom is -0.504 e. The van der Waals surface area contributed by atoms with Crippen molar-refractivity contribution in [1.82, 2.24) is 0 Å². The predicted octanol–water partition coefficient (Wildman–Crippen LogP) is 3.45. The molecule has 0 radical (unpaired) electrons. The zero-order valence-electron chi connectivity index (χ0n) is 11.4. The van der Waals surface area contributed by atoms with Gasteiger partial charge in [0.2, 0.25) is 0 Å². The van der Waals surface area contributed by atoms with Crippen LogP contribution in [0.2, 0.25) is 0 Å². The Morgan fingerprint density at radius 2 is 2.05 bits per heavy atom. The standard InChI is InChI=1S/C16H16N2O2/c1-11(13-6-7-15(19)16(9-13)20-2)18-14-5-3-4-12(8-14)10-17/h3-9,11,18-19H,1-2H3. The predicted molar refractivity (Wildman–Crippen MR) is 77.9 cm³/mol. The van der Waals surface area contributed by atoms with Crippen LogP contribution in [0.15, 0.2) is 42.5 Å². The molecule has 0 fully saturated rings. The van der Waals surface area contributed by atoms with Crippen molar-refractivity contribution in [3.8, 4) is 17.6 Å². The lowest BCUT2D eigenvalue weighted by molar-refractivity contribution is 0.373. The van der Waals surface area contributed by atoms with Gasteiger partial charge < -0.3 is 15.2 Å². The highest BCUT2D eigenvalue weighted by Gasteiger charge is 2.09. The van der Waals surface area contributed by atoms with Gasteiger partial charge in [-0.3, -0.25) is 0 Å². The molecule has 0 aliphatic heterocycles. The van der Waals surface area contributed by atoms with Gasteiger partial charge in [-0.2, -0.15) is 5.26 Å². The summed E-state index contributed by atoms with van der Waals surface area (Å²) >= 11 is 0. The molecule has 0 amide bonds. The van der Waals surface area contributed by atoms with Crippen molar-refractivity contribution >= 4 is 5.69 Å². The summed E-state index contributed by atoms with van der Waals surface area (Å²) in [5.74, 6) is 0.567. The molecule has 1 atom stereocenters. The number of nitrogens with zero attached hydrogens (tertiary/aromatic N) is 1. The van der Waals surface area contributed by atoms with Gasteiger partial charge in [-0.25, -0.2) is 0 Å². The quantitative estimate of drug-likeness (QED) is 0.891. The Balaban J connectivity index is 2.19.